The Balaban J connectivity index is 1.96. The number of imidazole rings is 1. The zero-order valence-electron chi connectivity index (χ0n) is 9.39. The molecule has 0 saturated heterocycles. The van der Waals surface area contributed by atoms with Crippen LogP contribution in [-0.2, 0) is 13.0 Å². The highest BCUT2D eigenvalue weighted by Gasteiger charge is 2.05. The smallest absolute Gasteiger partial charge is 0.178 e. The molecule has 0 bridgehead atoms. The summed E-state index contributed by atoms with van der Waals surface area (Å²) in [5, 5.41) is 3.83. The van der Waals surface area contributed by atoms with Gasteiger partial charge < -0.3 is 9.55 Å². The zero-order chi connectivity index (χ0) is 12.5. The summed E-state index contributed by atoms with van der Waals surface area (Å²) in [5.74, 6) is 0. The van der Waals surface area contributed by atoms with E-state index in [0.29, 0.717) is 5.02 Å². The van der Waals surface area contributed by atoms with Crippen LogP contribution >= 0.6 is 35.2 Å². The summed E-state index contributed by atoms with van der Waals surface area (Å²) >= 11 is 13.0. The van der Waals surface area contributed by atoms with Crippen molar-refractivity contribution in [2.45, 2.75) is 13.0 Å². The summed E-state index contributed by atoms with van der Waals surface area (Å²) in [4.78, 5) is 7.45. The molecule has 18 heavy (non-hydrogen) atoms. The quantitative estimate of drug-likeness (QED) is 0.740. The molecule has 0 radical (unpaired) electrons. The Labute approximate surface area is 118 Å². The summed E-state index contributed by atoms with van der Waals surface area (Å²) in [6, 6.07) is 5.77. The molecule has 0 amide bonds. The van der Waals surface area contributed by atoms with E-state index in [-0.39, 0.29) is 0 Å². The Morgan fingerprint density at radius 1 is 1.44 bits per heavy atom. The first-order valence-electron chi connectivity index (χ1n) is 5.50. The van der Waals surface area contributed by atoms with Crippen LogP contribution in [0.25, 0.3) is 11.0 Å². The van der Waals surface area contributed by atoms with E-state index in [9.17, 15) is 0 Å². The molecule has 0 spiro atoms. The highest BCUT2D eigenvalue weighted by molar-refractivity contribution is 7.71. The number of benzene rings is 1. The summed E-state index contributed by atoms with van der Waals surface area (Å²) in [5.41, 5.74) is 2.06. The van der Waals surface area contributed by atoms with Crippen molar-refractivity contribution in [2.24, 2.45) is 0 Å². The van der Waals surface area contributed by atoms with Crippen molar-refractivity contribution in [2.75, 3.05) is 0 Å². The minimum atomic E-state index is 0.714. The molecule has 3 nitrogen and oxygen atoms in total. The molecular formula is C12H10ClN3S2. The molecule has 0 atom stereocenters. The molecule has 92 valence electrons. The van der Waals surface area contributed by atoms with Crippen LogP contribution in [0, 0.1) is 4.77 Å². The van der Waals surface area contributed by atoms with Crippen LogP contribution in [0.4, 0.5) is 0 Å². The maximum Gasteiger partial charge on any atom is 0.178 e. The summed E-state index contributed by atoms with van der Waals surface area (Å²) < 4.78 is 2.81. The Morgan fingerprint density at radius 3 is 3.11 bits per heavy atom. The third-order valence-electron chi connectivity index (χ3n) is 2.77. The van der Waals surface area contributed by atoms with E-state index in [1.54, 1.807) is 11.3 Å². The fourth-order valence-electron chi connectivity index (χ4n) is 1.94. The maximum absolute atomic E-state index is 5.97. The second kappa shape index (κ2) is 4.84. The van der Waals surface area contributed by atoms with Gasteiger partial charge in [0.15, 0.2) is 4.77 Å². The van der Waals surface area contributed by atoms with Gasteiger partial charge in [0.2, 0.25) is 0 Å². The van der Waals surface area contributed by atoms with Crippen LogP contribution in [0.2, 0.25) is 5.02 Å². The SMILES string of the molecule is S=c1[nH]c2cc(Cl)ccc2n1CCc1nccs1. The Bertz CT molecular complexity index is 727. The van der Waals surface area contributed by atoms with Crippen LogP contribution in [0.15, 0.2) is 29.8 Å². The Kier molecular flexibility index (Phi) is 3.20. The summed E-state index contributed by atoms with van der Waals surface area (Å²) in [6.07, 6.45) is 2.72. The lowest BCUT2D eigenvalue weighted by Gasteiger charge is -2.02. The maximum atomic E-state index is 5.97. The molecule has 0 unspecified atom stereocenters. The summed E-state index contributed by atoms with van der Waals surface area (Å²) in [6.45, 7) is 0.827. The van der Waals surface area contributed by atoms with Crippen LogP contribution in [0.3, 0.4) is 0 Å². The minimum Gasteiger partial charge on any atom is -0.331 e. The van der Waals surface area contributed by atoms with Crippen molar-refractivity contribution < 1.29 is 0 Å². The second-order valence-electron chi connectivity index (χ2n) is 3.92. The number of aromatic amines is 1. The van der Waals surface area contributed by atoms with Crippen molar-refractivity contribution in [3.05, 3.63) is 44.6 Å². The monoisotopic (exact) mass is 295 g/mol. The van der Waals surface area contributed by atoms with Gasteiger partial charge in [0.25, 0.3) is 0 Å². The largest absolute Gasteiger partial charge is 0.331 e. The van der Waals surface area contributed by atoms with Gasteiger partial charge in [-0.2, -0.15) is 0 Å². The predicted octanol–water partition coefficient (Wildman–Crippen LogP) is 4.05. The number of halogens is 1. The molecule has 1 N–H and O–H groups in total. The zero-order valence-corrected chi connectivity index (χ0v) is 11.8. The lowest BCUT2D eigenvalue weighted by atomic mass is 10.3. The first-order valence-corrected chi connectivity index (χ1v) is 7.17. The number of fused-ring (bicyclic) bond motifs is 1. The van der Waals surface area contributed by atoms with Crippen LogP contribution in [-0.4, -0.2) is 14.5 Å². The topological polar surface area (TPSA) is 33.6 Å². The van der Waals surface area contributed by atoms with Gasteiger partial charge in [-0.3, -0.25) is 0 Å². The highest BCUT2D eigenvalue weighted by atomic mass is 35.5. The third-order valence-corrected chi connectivity index (χ3v) is 4.17. The van der Waals surface area contributed by atoms with E-state index >= 15 is 0 Å². The normalized spacial score (nSPS) is 11.2. The first-order chi connectivity index (χ1) is 8.74. The summed E-state index contributed by atoms with van der Waals surface area (Å²) in [7, 11) is 0. The van der Waals surface area contributed by atoms with E-state index < -0.39 is 0 Å². The van der Waals surface area contributed by atoms with Gasteiger partial charge in [0, 0.05) is 29.6 Å². The third kappa shape index (κ3) is 2.21. The average molecular weight is 296 g/mol. The van der Waals surface area contributed by atoms with E-state index in [1.165, 1.54) is 0 Å². The number of hydrogen-bond donors (Lipinski definition) is 1. The fraction of sp³-hybridized carbons (Fsp3) is 0.167. The molecular weight excluding hydrogens is 286 g/mol. The van der Waals surface area contributed by atoms with E-state index in [0.717, 1.165) is 33.8 Å². The van der Waals surface area contributed by atoms with Crippen molar-refractivity contribution in [3.8, 4) is 0 Å². The number of aromatic nitrogens is 3. The van der Waals surface area contributed by atoms with E-state index in [2.05, 4.69) is 14.5 Å². The van der Waals surface area contributed by atoms with Crippen molar-refractivity contribution >= 4 is 46.2 Å². The molecule has 0 fully saturated rings. The standard InChI is InChI=1S/C12H10ClN3S2/c13-8-1-2-10-9(7-8)15-12(17)16(10)5-3-11-14-4-6-18-11/h1-2,4,6-7H,3,5H2,(H,15,17). The van der Waals surface area contributed by atoms with Crippen molar-refractivity contribution in [1.82, 2.24) is 14.5 Å². The van der Waals surface area contributed by atoms with Crippen molar-refractivity contribution in [3.63, 3.8) is 0 Å². The van der Waals surface area contributed by atoms with Crippen LogP contribution in [0.1, 0.15) is 5.01 Å². The molecule has 2 heterocycles. The number of rotatable bonds is 3. The first kappa shape index (κ1) is 11.9. The van der Waals surface area contributed by atoms with Gasteiger partial charge >= 0.3 is 0 Å². The predicted molar refractivity (Wildman–Crippen MR) is 78.0 cm³/mol. The number of thiazole rings is 1. The van der Waals surface area contributed by atoms with E-state index in [1.807, 2.05) is 29.8 Å². The van der Waals surface area contributed by atoms with Gasteiger partial charge in [-0.05, 0) is 30.4 Å². The number of hydrogen-bond acceptors (Lipinski definition) is 3. The molecule has 0 saturated carbocycles. The molecule has 0 aliphatic carbocycles. The van der Waals surface area contributed by atoms with Gasteiger partial charge in [0.05, 0.1) is 16.0 Å². The molecule has 0 aliphatic rings. The van der Waals surface area contributed by atoms with Crippen LogP contribution in [0.5, 0.6) is 0 Å². The lowest BCUT2D eigenvalue weighted by Crippen LogP contribution is -2.00. The van der Waals surface area contributed by atoms with Crippen molar-refractivity contribution in [1.29, 1.82) is 0 Å². The van der Waals surface area contributed by atoms with Gasteiger partial charge in [-0.15, -0.1) is 11.3 Å². The number of aryl methyl sites for hydroxylation is 2. The number of nitrogens with zero attached hydrogens (tertiary/aromatic N) is 2. The van der Waals surface area contributed by atoms with E-state index in [4.69, 9.17) is 23.8 Å². The van der Waals surface area contributed by atoms with Gasteiger partial charge in [0.1, 0.15) is 0 Å². The molecule has 0 aliphatic heterocycles. The second-order valence-corrected chi connectivity index (χ2v) is 5.72. The Hall–Kier alpha value is -1.17. The average Bonchev–Trinajstić information content (AvgIpc) is 2.93. The molecule has 2 aromatic heterocycles. The van der Waals surface area contributed by atoms with Gasteiger partial charge in [-0.25, -0.2) is 4.98 Å². The molecule has 3 aromatic rings. The Morgan fingerprint density at radius 2 is 2.33 bits per heavy atom. The van der Waals surface area contributed by atoms with Crippen LogP contribution < -0.4 is 0 Å². The minimum absolute atomic E-state index is 0.714. The lowest BCUT2D eigenvalue weighted by molar-refractivity contribution is 0.703. The molecule has 1 aromatic carbocycles. The highest BCUT2D eigenvalue weighted by Crippen LogP contribution is 2.19. The number of H-pyrrole nitrogens is 1. The van der Waals surface area contributed by atoms with Gasteiger partial charge in [-0.1, -0.05) is 11.6 Å². The number of nitrogens with one attached hydrogen (secondary N) is 1. The fourth-order valence-corrected chi connectivity index (χ4v) is 3.02. The molecule has 3 rings (SSSR count). The molecule has 6 heteroatoms.